The summed E-state index contributed by atoms with van der Waals surface area (Å²) in [6.07, 6.45) is 7.07. The van der Waals surface area contributed by atoms with E-state index in [1.165, 1.54) is 0 Å². The summed E-state index contributed by atoms with van der Waals surface area (Å²) < 4.78 is 2.03. The molecule has 1 saturated heterocycles. The zero-order valence-electron chi connectivity index (χ0n) is 9.04. The Morgan fingerprint density at radius 1 is 1.56 bits per heavy atom. The number of rotatable bonds is 4. The number of likely N-dealkylation sites (tertiary alicyclic amines) is 1. The normalized spacial score (nSPS) is 15.6. The molecule has 0 atom stereocenters. The summed E-state index contributed by atoms with van der Waals surface area (Å²) in [5.74, 6) is 0.159. The van der Waals surface area contributed by atoms with Gasteiger partial charge in [-0.05, 0) is 6.42 Å². The number of aromatic nitrogens is 2. The van der Waals surface area contributed by atoms with Crippen LogP contribution in [0.15, 0.2) is 18.7 Å². The van der Waals surface area contributed by atoms with Gasteiger partial charge in [-0.2, -0.15) is 5.26 Å². The van der Waals surface area contributed by atoms with Crippen LogP contribution >= 0.6 is 0 Å². The number of hydrogen-bond donors (Lipinski definition) is 0. The maximum atomic E-state index is 11.6. The maximum absolute atomic E-state index is 11.6. The second-order valence-electron chi connectivity index (χ2n) is 3.97. The topological polar surface area (TPSA) is 61.9 Å². The smallest absolute Gasteiger partial charge is 0.222 e. The molecule has 0 bridgehead atoms. The summed E-state index contributed by atoms with van der Waals surface area (Å²) in [6.45, 7) is 1.53. The lowest BCUT2D eigenvalue weighted by Gasteiger charge is -2.39. The van der Waals surface area contributed by atoms with Gasteiger partial charge in [-0.15, -0.1) is 0 Å². The number of carbonyl (C=O) groups excluding carboxylic acids is 1. The highest BCUT2D eigenvalue weighted by molar-refractivity contribution is 5.77. The van der Waals surface area contributed by atoms with Gasteiger partial charge in [-0.1, -0.05) is 0 Å². The minimum atomic E-state index is 0.159. The molecule has 1 aliphatic rings. The van der Waals surface area contributed by atoms with Crippen LogP contribution < -0.4 is 0 Å². The average Bonchev–Trinajstić information content (AvgIpc) is 2.69. The average molecular weight is 218 g/mol. The van der Waals surface area contributed by atoms with Crippen molar-refractivity contribution in [3.63, 3.8) is 0 Å². The first kappa shape index (κ1) is 10.7. The van der Waals surface area contributed by atoms with Crippen LogP contribution in [-0.4, -0.2) is 33.4 Å². The summed E-state index contributed by atoms with van der Waals surface area (Å²) in [6, 6.07) is 2.42. The maximum Gasteiger partial charge on any atom is 0.222 e. The SMILES string of the molecule is N#CCCCC(=O)N1CC(n2ccnc2)C1. The van der Waals surface area contributed by atoms with Crippen molar-refractivity contribution in [3.8, 4) is 6.07 Å². The van der Waals surface area contributed by atoms with E-state index in [9.17, 15) is 4.79 Å². The molecule has 0 unspecified atom stereocenters. The molecule has 1 aromatic heterocycles. The predicted octanol–water partition coefficient (Wildman–Crippen LogP) is 0.960. The van der Waals surface area contributed by atoms with Gasteiger partial charge in [0.25, 0.3) is 0 Å². The zero-order chi connectivity index (χ0) is 11.4. The van der Waals surface area contributed by atoms with Crippen LogP contribution in [0.5, 0.6) is 0 Å². The van der Waals surface area contributed by atoms with E-state index in [4.69, 9.17) is 5.26 Å². The van der Waals surface area contributed by atoms with Crippen molar-refractivity contribution in [2.75, 3.05) is 13.1 Å². The second kappa shape index (κ2) is 4.79. The third kappa shape index (κ3) is 2.22. The van der Waals surface area contributed by atoms with Gasteiger partial charge in [0.15, 0.2) is 0 Å². The van der Waals surface area contributed by atoms with Crippen molar-refractivity contribution < 1.29 is 4.79 Å². The molecule has 0 radical (unpaired) electrons. The summed E-state index contributed by atoms with van der Waals surface area (Å²) in [7, 11) is 0. The minimum Gasteiger partial charge on any atom is -0.338 e. The number of hydrogen-bond acceptors (Lipinski definition) is 3. The molecule has 0 saturated carbocycles. The van der Waals surface area contributed by atoms with Gasteiger partial charge < -0.3 is 9.47 Å². The highest BCUT2D eigenvalue weighted by Gasteiger charge is 2.30. The van der Waals surface area contributed by atoms with E-state index in [0.717, 1.165) is 13.1 Å². The molecule has 1 fully saturated rings. The van der Waals surface area contributed by atoms with Crippen molar-refractivity contribution in [1.82, 2.24) is 14.5 Å². The van der Waals surface area contributed by atoms with Gasteiger partial charge in [-0.3, -0.25) is 4.79 Å². The largest absolute Gasteiger partial charge is 0.338 e. The van der Waals surface area contributed by atoms with Crippen molar-refractivity contribution in [1.29, 1.82) is 5.26 Å². The second-order valence-corrected chi connectivity index (χ2v) is 3.97. The molecular weight excluding hydrogens is 204 g/mol. The minimum absolute atomic E-state index is 0.159. The fraction of sp³-hybridized carbons (Fsp3) is 0.545. The van der Waals surface area contributed by atoms with E-state index in [1.54, 1.807) is 12.5 Å². The zero-order valence-corrected chi connectivity index (χ0v) is 9.04. The number of nitrogens with zero attached hydrogens (tertiary/aromatic N) is 4. The van der Waals surface area contributed by atoms with E-state index in [2.05, 4.69) is 4.98 Å². The first-order chi connectivity index (χ1) is 7.81. The van der Waals surface area contributed by atoms with Crippen LogP contribution in [0, 0.1) is 11.3 Å². The third-order valence-electron chi connectivity index (χ3n) is 2.84. The lowest BCUT2D eigenvalue weighted by Crippen LogP contribution is -2.50. The van der Waals surface area contributed by atoms with Crippen molar-refractivity contribution in [3.05, 3.63) is 18.7 Å². The number of carbonyl (C=O) groups is 1. The molecule has 1 aliphatic heterocycles. The molecule has 0 aromatic carbocycles. The van der Waals surface area contributed by atoms with Crippen LogP contribution in [0.3, 0.4) is 0 Å². The van der Waals surface area contributed by atoms with Crippen LogP contribution in [0.2, 0.25) is 0 Å². The Balaban J connectivity index is 1.72. The first-order valence-electron chi connectivity index (χ1n) is 5.43. The first-order valence-corrected chi connectivity index (χ1v) is 5.43. The Bertz CT molecular complexity index is 387. The molecule has 2 rings (SSSR count). The van der Waals surface area contributed by atoms with Crippen LogP contribution in [0.25, 0.3) is 0 Å². The Labute approximate surface area is 94.3 Å². The van der Waals surface area contributed by atoms with Crippen molar-refractivity contribution >= 4 is 5.91 Å². The van der Waals surface area contributed by atoms with Crippen molar-refractivity contribution in [2.24, 2.45) is 0 Å². The van der Waals surface area contributed by atoms with Gasteiger partial charge in [0.2, 0.25) is 5.91 Å². The molecule has 16 heavy (non-hydrogen) atoms. The van der Waals surface area contributed by atoms with Gasteiger partial charge in [0, 0.05) is 38.3 Å². The van der Waals surface area contributed by atoms with Crippen LogP contribution in [-0.2, 0) is 4.79 Å². The summed E-state index contributed by atoms with van der Waals surface area (Å²) >= 11 is 0. The van der Waals surface area contributed by atoms with E-state index >= 15 is 0 Å². The Morgan fingerprint density at radius 3 is 3.00 bits per heavy atom. The highest BCUT2D eigenvalue weighted by Crippen LogP contribution is 2.21. The molecule has 0 N–H and O–H groups in total. The highest BCUT2D eigenvalue weighted by atomic mass is 16.2. The number of unbranched alkanes of at least 4 members (excludes halogenated alkanes) is 1. The number of amides is 1. The number of nitriles is 1. The summed E-state index contributed by atoms with van der Waals surface area (Å²) in [4.78, 5) is 17.4. The Kier molecular flexibility index (Phi) is 3.20. The molecule has 5 nitrogen and oxygen atoms in total. The summed E-state index contributed by atoms with van der Waals surface area (Å²) in [5, 5.41) is 8.37. The van der Waals surface area contributed by atoms with Gasteiger partial charge in [0.1, 0.15) is 0 Å². The Morgan fingerprint density at radius 2 is 2.38 bits per heavy atom. The lowest BCUT2D eigenvalue weighted by atomic mass is 10.1. The van der Waals surface area contributed by atoms with Gasteiger partial charge >= 0.3 is 0 Å². The quantitative estimate of drug-likeness (QED) is 0.707. The van der Waals surface area contributed by atoms with E-state index in [0.29, 0.717) is 25.3 Å². The fourth-order valence-electron chi connectivity index (χ4n) is 1.81. The summed E-state index contributed by atoms with van der Waals surface area (Å²) in [5.41, 5.74) is 0. The predicted molar refractivity (Wildman–Crippen MR) is 57.3 cm³/mol. The van der Waals surface area contributed by atoms with Gasteiger partial charge in [-0.25, -0.2) is 4.98 Å². The molecule has 5 heteroatoms. The molecule has 0 spiro atoms. The lowest BCUT2D eigenvalue weighted by molar-refractivity contribution is -0.137. The van der Waals surface area contributed by atoms with E-state index in [-0.39, 0.29) is 5.91 Å². The van der Waals surface area contributed by atoms with E-state index < -0.39 is 0 Å². The molecule has 84 valence electrons. The van der Waals surface area contributed by atoms with Gasteiger partial charge in [0.05, 0.1) is 18.4 Å². The monoisotopic (exact) mass is 218 g/mol. The van der Waals surface area contributed by atoms with Crippen LogP contribution in [0.1, 0.15) is 25.3 Å². The number of imidazole rings is 1. The third-order valence-corrected chi connectivity index (χ3v) is 2.84. The Hall–Kier alpha value is -1.83. The van der Waals surface area contributed by atoms with Crippen LogP contribution in [0.4, 0.5) is 0 Å². The van der Waals surface area contributed by atoms with E-state index in [1.807, 2.05) is 21.7 Å². The molecular formula is C11H14N4O. The standard InChI is InChI=1S/C11H14N4O/c12-4-2-1-3-11(16)15-7-10(8-15)14-6-5-13-9-14/h5-6,9-10H,1-3,7-8H2. The molecule has 1 aromatic rings. The van der Waals surface area contributed by atoms with Crippen molar-refractivity contribution in [2.45, 2.75) is 25.3 Å². The molecule has 2 heterocycles. The fourth-order valence-corrected chi connectivity index (χ4v) is 1.81. The molecule has 0 aliphatic carbocycles. The molecule has 1 amide bonds.